The highest BCUT2D eigenvalue weighted by Crippen LogP contribution is 2.68. The molecule has 0 saturated heterocycles. The van der Waals surface area contributed by atoms with Crippen molar-refractivity contribution in [2.45, 2.75) is 150 Å². The molecule has 7 saturated carbocycles. The SMILES string of the molecule is CC(C)CCC[C@H](C)[C@@H]1CC[C@@H]2[C@H]3CC=C4C[C@@H](OC(=O)C56CC7CC(CC(C7)C5)C6)CC[C@]4(C)[C@@H]3CC[C@]21C. The summed E-state index contributed by atoms with van der Waals surface area (Å²) in [6, 6.07) is 0. The molecule has 2 heteroatoms. The number of rotatable bonds is 7. The molecular formula is C38H60O2. The molecule has 8 atom stereocenters. The fourth-order valence-electron chi connectivity index (χ4n) is 13.4. The van der Waals surface area contributed by atoms with Crippen molar-refractivity contribution >= 4 is 5.97 Å². The molecule has 0 radical (unpaired) electrons. The Labute approximate surface area is 246 Å². The summed E-state index contributed by atoms with van der Waals surface area (Å²) < 4.78 is 6.50. The minimum absolute atomic E-state index is 0.111. The lowest BCUT2D eigenvalue weighted by Gasteiger charge is -2.58. The largest absolute Gasteiger partial charge is 0.462 e. The first-order chi connectivity index (χ1) is 19.1. The van der Waals surface area contributed by atoms with Crippen molar-refractivity contribution in [3.05, 3.63) is 11.6 Å². The maximum atomic E-state index is 13.7. The van der Waals surface area contributed by atoms with Gasteiger partial charge in [-0.05, 0) is 148 Å². The Bertz CT molecular complexity index is 972. The van der Waals surface area contributed by atoms with Gasteiger partial charge in [-0.25, -0.2) is 0 Å². The molecule has 0 aliphatic heterocycles. The third kappa shape index (κ3) is 4.49. The fourth-order valence-corrected chi connectivity index (χ4v) is 13.4. The van der Waals surface area contributed by atoms with Gasteiger partial charge in [0.05, 0.1) is 5.41 Å². The van der Waals surface area contributed by atoms with Crippen molar-refractivity contribution in [2.75, 3.05) is 0 Å². The van der Waals surface area contributed by atoms with Crippen LogP contribution in [0.1, 0.15) is 144 Å². The first kappa shape index (κ1) is 28.0. The highest BCUT2D eigenvalue weighted by Gasteiger charge is 2.60. The molecule has 224 valence electrons. The van der Waals surface area contributed by atoms with E-state index in [1.165, 1.54) is 77.0 Å². The molecule has 0 spiro atoms. The van der Waals surface area contributed by atoms with Crippen LogP contribution in [-0.4, -0.2) is 12.1 Å². The first-order valence-corrected chi connectivity index (χ1v) is 18.0. The van der Waals surface area contributed by atoms with Crippen LogP contribution in [0.2, 0.25) is 0 Å². The quantitative estimate of drug-likeness (QED) is 0.234. The van der Waals surface area contributed by atoms with E-state index in [9.17, 15) is 4.79 Å². The van der Waals surface area contributed by atoms with Gasteiger partial charge < -0.3 is 4.74 Å². The van der Waals surface area contributed by atoms with Gasteiger partial charge in [0.1, 0.15) is 6.10 Å². The standard InChI is InChI=1S/C38H60O2/c1-24(2)7-6-8-25(3)32-11-12-33-31-10-9-29-20-30(13-15-36(29,4)34(31)14-16-37(32,33)5)40-35(39)38-21-26-17-27(22-38)19-28(18-26)23-38/h9,24-28,30-34H,6-8,10-23H2,1-5H3/t25-,26?,27?,28?,30-,31+,32-,33+,34+,36-,37-,38?/m0/s1. The molecule has 8 rings (SSSR count). The van der Waals surface area contributed by atoms with Gasteiger partial charge in [-0.15, -0.1) is 0 Å². The van der Waals surface area contributed by atoms with Crippen molar-refractivity contribution in [1.29, 1.82) is 0 Å². The Morgan fingerprint density at radius 1 is 0.900 bits per heavy atom. The van der Waals surface area contributed by atoms with Crippen LogP contribution in [-0.2, 0) is 9.53 Å². The van der Waals surface area contributed by atoms with Crippen LogP contribution >= 0.6 is 0 Å². The number of carbonyl (C=O) groups excluding carboxylic acids is 1. The van der Waals surface area contributed by atoms with E-state index in [0.29, 0.717) is 10.8 Å². The van der Waals surface area contributed by atoms with Crippen molar-refractivity contribution < 1.29 is 9.53 Å². The molecule has 4 bridgehead atoms. The maximum Gasteiger partial charge on any atom is 0.312 e. The van der Waals surface area contributed by atoms with Gasteiger partial charge in [-0.3, -0.25) is 4.79 Å². The van der Waals surface area contributed by atoms with Crippen molar-refractivity contribution in [3.63, 3.8) is 0 Å². The average molecular weight is 549 g/mol. The van der Waals surface area contributed by atoms with Crippen LogP contribution in [0, 0.1) is 69.5 Å². The lowest BCUT2D eigenvalue weighted by Crippen LogP contribution is -2.52. The Kier molecular flexibility index (Phi) is 7.10. The molecule has 0 aromatic rings. The van der Waals surface area contributed by atoms with Crippen LogP contribution < -0.4 is 0 Å². The zero-order valence-corrected chi connectivity index (χ0v) is 26.7. The molecule has 0 amide bonds. The van der Waals surface area contributed by atoms with Crippen LogP contribution in [0.15, 0.2) is 11.6 Å². The summed E-state index contributed by atoms with van der Waals surface area (Å²) in [6.07, 6.45) is 25.1. The van der Waals surface area contributed by atoms with E-state index >= 15 is 0 Å². The lowest BCUT2D eigenvalue weighted by atomic mass is 9.47. The van der Waals surface area contributed by atoms with Gasteiger partial charge >= 0.3 is 5.97 Å². The fraction of sp³-hybridized carbons (Fsp3) is 0.921. The Balaban J connectivity index is 1.01. The number of ether oxygens (including phenoxy) is 1. The minimum atomic E-state index is -0.111. The second-order valence-electron chi connectivity index (χ2n) is 17.8. The van der Waals surface area contributed by atoms with Gasteiger partial charge in [0.2, 0.25) is 0 Å². The smallest absolute Gasteiger partial charge is 0.312 e. The molecule has 0 aromatic carbocycles. The molecule has 0 heterocycles. The van der Waals surface area contributed by atoms with Crippen LogP contribution in [0.3, 0.4) is 0 Å². The predicted octanol–water partition coefficient (Wildman–Crippen LogP) is 10.2. The third-order valence-corrected chi connectivity index (χ3v) is 15.0. The first-order valence-electron chi connectivity index (χ1n) is 18.0. The van der Waals surface area contributed by atoms with Crippen LogP contribution in [0.4, 0.5) is 0 Å². The number of carbonyl (C=O) groups is 1. The van der Waals surface area contributed by atoms with Crippen molar-refractivity contribution in [2.24, 2.45) is 69.5 Å². The van der Waals surface area contributed by atoms with E-state index in [1.807, 2.05) is 0 Å². The van der Waals surface area contributed by atoms with Gasteiger partial charge in [-0.1, -0.05) is 65.5 Å². The predicted molar refractivity (Wildman–Crippen MR) is 164 cm³/mol. The average Bonchev–Trinajstić information content (AvgIpc) is 3.25. The molecule has 7 fully saturated rings. The highest BCUT2D eigenvalue weighted by molar-refractivity contribution is 5.77. The molecule has 0 N–H and O–H groups in total. The Morgan fingerprint density at radius 3 is 2.27 bits per heavy atom. The third-order valence-electron chi connectivity index (χ3n) is 15.0. The van der Waals surface area contributed by atoms with Crippen LogP contribution in [0.25, 0.3) is 0 Å². The van der Waals surface area contributed by atoms with E-state index in [4.69, 9.17) is 4.74 Å². The molecule has 0 unspecified atom stereocenters. The molecule has 2 nitrogen and oxygen atoms in total. The number of hydrogen-bond acceptors (Lipinski definition) is 2. The summed E-state index contributed by atoms with van der Waals surface area (Å²) in [4.78, 5) is 13.7. The van der Waals surface area contributed by atoms with E-state index < -0.39 is 0 Å². The maximum absolute atomic E-state index is 13.7. The normalized spacial score (nSPS) is 49.7. The molecule has 8 aliphatic rings. The number of hydrogen-bond donors (Lipinski definition) is 0. The van der Waals surface area contributed by atoms with E-state index in [1.54, 1.807) is 5.57 Å². The second-order valence-corrected chi connectivity index (χ2v) is 17.8. The summed E-state index contributed by atoms with van der Waals surface area (Å²) in [5.41, 5.74) is 2.46. The minimum Gasteiger partial charge on any atom is -0.462 e. The van der Waals surface area contributed by atoms with E-state index in [2.05, 4.69) is 40.7 Å². The second kappa shape index (κ2) is 10.1. The van der Waals surface area contributed by atoms with Gasteiger partial charge in [-0.2, -0.15) is 0 Å². The van der Waals surface area contributed by atoms with Crippen LogP contribution in [0.5, 0.6) is 0 Å². The molecule has 0 aromatic heterocycles. The molecule has 8 aliphatic carbocycles. The summed E-state index contributed by atoms with van der Waals surface area (Å²) in [6.45, 7) is 12.7. The van der Waals surface area contributed by atoms with Gasteiger partial charge in [0, 0.05) is 6.42 Å². The van der Waals surface area contributed by atoms with E-state index in [-0.39, 0.29) is 17.5 Å². The Morgan fingerprint density at radius 2 is 1.60 bits per heavy atom. The lowest BCUT2D eigenvalue weighted by molar-refractivity contribution is -0.179. The van der Waals surface area contributed by atoms with Crippen molar-refractivity contribution in [3.8, 4) is 0 Å². The summed E-state index contributed by atoms with van der Waals surface area (Å²) in [7, 11) is 0. The zero-order valence-electron chi connectivity index (χ0n) is 26.7. The van der Waals surface area contributed by atoms with E-state index in [0.717, 1.165) is 85.4 Å². The zero-order chi connectivity index (χ0) is 27.9. The number of fused-ring (bicyclic) bond motifs is 5. The summed E-state index contributed by atoms with van der Waals surface area (Å²) >= 11 is 0. The molecule has 40 heavy (non-hydrogen) atoms. The summed E-state index contributed by atoms with van der Waals surface area (Å²) in [5.74, 6) is 7.94. The Hall–Kier alpha value is -0.790. The van der Waals surface area contributed by atoms with Gasteiger partial charge in [0.25, 0.3) is 0 Å². The topological polar surface area (TPSA) is 26.3 Å². The summed E-state index contributed by atoms with van der Waals surface area (Å²) in [5, 5.41) is 0. The van der Waals surface area contributed by atoms with Crippen molar-refractivity contribution in [1.82, 2.24) is 0 Å². The number of esters is 1. The number of allylic oxidation sites excluding steroid dienone is 1. The monoisotopic (exact) mass is 548 g/mol. The molecular weight excluding hydrogens is 488 g/mol. The van der Waals surface area contributed by atoms with Gasteiger partial charge in [0.15, 0.2) is 0 Å². The highest BCUT2D eigenvalue weighted by atomic mass is 16.5.